The van der Waals surface area contributed by atoms with Crippen LogP contribution >= 0.6 is 11.8 Å². The molecule has 0 radical (unpaired) electrons. The Morgan fingerprint density at radius 3 is 2.57 bits per heavy atom. The van der Waals surface area contributed by atoms with Crippen LogP contribution < -0.4 is 0 Å². The van der Waals surface area contributed by atoms with Crippen LogP contribution in [-0.4, -0.2) is 48.0 Å². The predicted octanol–water partition coefficient (Wildman–Crippen LogP) is 2.33. The number of hydrogen-bond acceptors (Lipinski definition) is 6. The Morgan fingerprint density at radius 2 is 2.05 bits per heavy atom. The first-order chi connectivity index (χ1) is 9.57. The van der Waals surface area contributed by atoms with Crippen LogP contribution in [0.3, 0.4) is 0 Å². The fraction of sp³-hybridized carbons (Fsp3) is 0.800. The molecule has 0 aromatic heterocycles. The number of carbonyl (C=O) groups is 1. The SMILES string of the molecule is CS/C=C\[C@@H]1OC(C)(C)O[C@@H]1[C@H](O)COC(=O)C(C)(C)C. The summed E-state index contributed by atoms with van der Waals surface area (Å²) in [4.78, 5) is 11.7. The van der Waals surface area contributed by atoms with Crippen molar-refractivity contribution < 1.29 is 24.1 Å². The molecule has 0 saturated carbocycles. The summed E-state index contributed by atoms with van der Waals surface area (Å²) in [6.07, 6.45) is 1.92. The zero-order valence-electron chi connectivity index (χ0n) is 13.6. The lowest BCUT2D eigenvalue weighted by molar-refractivity contribution is -0.167. The predicted molar refractivity (Wildman–Crippen MR) is 82.9 cm³/mol. The van der Waals surface area contributed by atoms with Crippen LogP contribution in [0.1, 0.15) is 34.6 Å². The van der Waals surface area contributed by atoms with Crippen molar-refractivity contribution in [3.05, 3.63) is 11.5 Å². The van der Waals surface area contributed by atoms with E-state index in [1.54, 1.807) is 46.4 Å². The molecular weight excluding hydrogens is 292 g/mol. The maximum atomic E-state index is 11.7. The van der Waals surface area contributed by atoms with E-state index < -0.39 is 23.4 Å². The van der Waals surface area contributed by atoms with E-state index in [4.69, 9.17) is 14.2 Å². The molecule has 122 valence electrons. The number of thioether (sulfide) groups is 1. The van der Waals surface area contributed by atoms with Crippen molar-refractivity contribution in [1.82, 2.24) is 0 Å². The molecule has 1 aliphatic rings. The summed E-state index contributed by atoms with van der Waals surface area (Å²) in [5, 5.41) is 12.1. The third-order valence-corrected chi connectivity index (χ3v) is 3.37. The maximum Gasteiger partial charge on any atom is 0.311 e. The number of carbonyl (C=O) groups excluding carboxylic acids is 1. The van der Waals surface area contributed by atoms with Crippen LogP contribution in [0.2, 0.25) is 0 Å². The van der Waals surface area contributed by atoms with E-state index in [-0.39, 0.29) is 18.7 Å². The molecular formula is C15H26O5S. The molecule has 1 saturated heterocycles. The zero-order valence-corrected chi connectivity index (χ0v) is 14.4. The smallest absolute Gasteiger partial charge is 0.311 e. The molecule has 5 nitrogen and oxygen atoms in total. The molecule has 1 fully saturated rings. The first kappa shape index (κ1) is 18.5. The van der Waals surface area contributed by atoms with Gasteiger partial charge >= 0.3 is 5.97 Å². The Morgan fingerprint density at radius 1 is 1.43 bits per heavy atom. The Kier molecular flexibility index (Phi) is 6.28. The van der Waals surface area contributed by atoms with Crippen molar-refractivity contribution in [3.63, 3.8) is 0 Å². The second-order valence-corrected chi connectivity index (χ2v) is 7.29. The first-order valence-electron chi connectivity index (χ1n) is 6.97. The van der Waals surface area contributed by atoms with E-state index in [1.165, 1.54) is 0 Å². The normalized spacial score (nSPS) is 27.0. The topological polar surface area (TPSA) is 65.0 Å². The molecule has 0 bridgehead atoms. The third kappa shape index (κ3) is 5.62. The summed E-state index contributed by atoms with van der Waals surface area (Å²) in [6.45, 7) is 8.78. The number of aliphatic hydroxyl groups is 1. The highest BCUT2D eigenvalue weighted by Gasteiger charge is 2.44. The minimum Gasteiger partial charge on any atom is -0.462 e. The highest BCUT2D eigenvalue weighted by atomic mass is 32.2. The standard InChI is InChI=1S/C15H26O5S/c1-14(2,3)13(17)18-9-10(16)12-11(7-8-21-6)19-15(4,5)20-12/h7-8,10-12,16H,9H2,1-6H3/b8-7-/t10-,11+,12-/m1/s1. The second kappa shape index (κ2) is 7.13. The molecule has 3 atom stereocenters. The van der Waals surface area contributed by atoms with Crippen molar-refractivity contribution in [2.45, 2.75) is 58.7 Å². The minimum atomic E-state index is -0.936. The molecule has 0 unspecified atom stereocenters. The molecule has 1 heterocycles. The molecule has 0 aliphatic carbocycles. The Bertz CT molecular complexity index is 386. The van der Waals surface area contributed by atoms with E-state index in [9.17, 15) is 9.90 Å². The highest BCUT2D eigenvalue weighted by molar-refractivity contribution is 8.01. The average Bonchev–Trinajstić information content (AvgIpc) is 2.67. The van der Waals surface area contributed by atoms with Crippen molar-refractivity contribution >= 4 is 17.7 Å². The van der Waals surface area contributed by atoms with Gasteiger partial charge in [-0.3, -0.25) is 4.79 Å². The van der Waals surface area contributed by atoms with Crippen LogP contribution in [0, 0.1) is 5.41 Å². The molecule has 21 heavy (non-hydrogen) atoms. The summed E-state index contributed by atoms with van der Waals surface area (Å²) in [7, 11) is 0. The molecule has 1 N–H and O–H groups in total. The van der Waals surface area contributed by atoms with E-state index in [2.05, 4.69) is 0 Å². The number of aliphatic hydroxyl groups excluding tert-OH is 1. The van der Waals surface area contributed by atoms with Gasteiger partial charge in [-0.05, 0) is 52.4 Å². The van der Waals surface area contributed by atoms with Crippen molar-refractivity contribution in [3.8, 4) is 0 Å². The van der Waals surface area contributed by atoms with E-state index >= 15 is 0 Å². The Labute approximate surface area is 131 Å². The summed E-state index contributed by atoms with van der Waals surface area (Å²) >= 11 is 1.54. The zero-order chi connectivity index (χ0) is 16.3. The first-order valence-corrected chi connectivity index (χ1v) is 8.26. The minimum absolute atomic E-state index is 0.107. The van der Waals surface area contributed by atoms with E-state index in [0.717, 1.165) is 0 Å². The summed E-state index contributed by atoms with van der Waals surface area (Å²) in [5.41, 5.74) is -0.593. The van der Waals surface area contributed by atoms with Gasteiger partial charge in [0.2, 0.25) is 0 Å². The van der Waals surface area contributed by atoms with Gasteiger partial charge < -0.3 is 19.3 Å². The molecule has 0 aromatic rings. The van der Waals surface area contributed by atoms with Crippen LogP contribution in [0.4, 0.5) is 0 Å². The van der Waals surface area contributed by atoms with Gasteiger partial charge in [0.25, 0.3) is 0 Å². The molecule has 0 amide bonds. The molecule has 6 heteroatoms. The number of rotatable bonds is 5. The highest BCUT2D eigenvalue weighted by Crippen LogP contribution is 2.31. The van der Waals surface area contributed by atoms with E-state index in [1.807, 2.05) is 17.7 Å². The lowest BCUT2D eigenvalue weighted by Gasteiger charge is -2.23. The molecule has 1 aliphatic heterocycles. The van der Waals surface area contributed by atoms with Gasteiger partial charge in [-0.25, -0.2) is 0 Å². The number of hydrogen-bond donors (Lipinski definition) is 1. The fourth-order valence-electron chi connectivity index (χ4n) is 1.89. The van der Waals surface area contributed by atoms with Crippen molar-refractivity contribution in [2.24, 2.45) is 5.41 Å². The van der Waals surface area contributed by atoms with Gasteiger partial charge in [-0.1, -0.05) is 0 Å². The lowest BCUT2D eigenvalue weighted by Crippen LogP contribution is -2.39. The Hall–Kier alpha value is -0.560. The van der Waals surface area contributed by atoms with Crippen LogP contribution in [0.25, 0.3) is 0 Å². The van der Waals surface area contributed by atoms with Crippen LogP contribution in [0.5, 0.6) is 0 Å². The largest absolute Gasteiger partial charge is 0.462 e. The Balaban J connectivity index is 2.64. The monoisotopic (exact) mass is 318 g/mol. The van der Waals surface area contributed by atoms with Gasteiger partial charge in [0.1, 0.15) is 24.9 Å². The fourth-order valence-corrected chi connectivity index (χ4v) is 2.20. The quantitative estimate of drug-likeness (QED) is 0.785. The summed E-state index contributed by atoms with van der Waals surface area (Å²) in [6, 6.07) is 0. The molecule has 0 spiro atoms. The third-order valence-electron chi connectivity index (χ3n) is 2.94. The average molecular weight is 318 g/mol. The maximum absolute atomic E-state index is 11.7. The molecule has 0 aromatic carbocycles. The number of esters is 1. The van der Waals surface area contributed by atoms with Gasteiger partial charge in [-0.15, -0.1) is 11.8 Å². The van der Waals surface area contributed by atoms with Gasteiger partial charge in [0.05, 0.1) is 5.41 Å². The van der Waals surface area contributed by atoms with Crippen molar-refractivity contribution in [1.29, 1.82) is 0 Å². The van der Waals surface area contributed by atoms with Gasteiger partial charge in [0, 0.05) is 0 Å². The summed E-state index contributed by atoms with van der Waals surface area (Å²) in [5.74, 6) is -1.12. The van der Waals surface area contributed by atoms with Crippen LogP contribution in [-0.2, 0) is 19.0 Å². The van der Waals surface area contributed by atoms with Gasteiger partial charge in [0.15, 0.2) is 5.79 Å². The number of ether oxygens (including phenoxy) is 3. The van der Waals surface area contributed by atoms with Crippen molar-refractivity contribution in [2.75, 3.05) is 12.9 Å². The van der Waals surface area contributed by atoms with Crippen LogP contribution in [0.15, 0.2) is 11.5 Å². The lowest BCUT2D eigenvalue weighted by atomic mass is 9.97. The molecule has 1 rings (SSSR count). The summed E-state index contributed by atoms with van der Waals surface area (Å²) < 4.78 is 16.6. The van der Waals surface area contributed by atoms with Gasteiger partial charge in [-0.2, -0.15) is 0 Å². The van der Waals surface area contributed by atoms with E-state index in [0.29, 0.717) is 0 Å². The second-order valence-electron chi connectivity index (χ2n) is 6.54.